The highest BCUT2D eigenvalue weighted by Crippen LogP contribution is 2.33. The average Bonchev–Trinajstić information content (AvgIpc) is 2.78. The van der Waals surface area contributed by atoms with E-state index in [-0.39, 0.29) is 17.9 Å². The van der Waals surface area contributed by atoms with Crippen LogP contribution in [0.4, 0.5) is 0 Å². The first-order valence-electron chi connectivity index (χ1n) is 9.99. The van der Waals surface area contributed by atoms with Crippen molar-refractivity contribution in [3.05, 3.63) is 95.6 Å². The monoisotopic (exact) mass is 387 g/mol. The first kappa shape index (κ1) is 19.1. The van der Waals surface area contributed by atoms with Crippen molar-refractivity contribution in [2.45, 2.75) is 25.3 Å². The minimum Gasteiger partial charge on any atom is -0.486 e. The highest BCUT2D eigenvalue weighted by atomic mass is 16.6. The molecule has 0 radical (unpaired) electrons. The van der Waals surface area contributed by atoms with Crippen LogP contribution in [-0.2, 0) is 4.79 Å². The molecule has 1 aliphatic heterocycles. The highest BCUT2D eigenvalue weighted by Gasteiger charge is 2.20. The minimum absolute atomic E-state index is 0.0184. The molecule has 0 fully saturated rings. The zero-order valence-corrected chi connectivity index (χ0v) is 16.5. The molecule has 1 atom stereocenters. The summed E-state index contributed by atoms with van der Waals surface area (Å²) in [6, 6.07) is 26.1. The Bertz CT molecular complexity index is 917. The van der Waals surface area contributed by atoms with E-state index in [1.165, 1.54) is 0 Å². The number of hydrogen-bond acceptors (Lipinski definition) is 3. The molecule has 3 aromatic rings. The fourth-order valence-electron chi connectivity index (χ4n) is 3.70. The zero-order chi connectivity index (χ0) is 20.1. The van der Waals surface area contributed by atoms with Gasteiger partial charge >= 0.3 is 0 Å². The summed E-state index contributed by atoms with van der Waals surface area (Å²) in [5.74, 6) is 1.53. The lowest BCUT2D eigenvalue weighted by Gasteiger charge is -2.22. The third-order valence-electron chi connectivity index (χ3n) is 5.24. The Morgan fingerprint density at radius 3 is 2.03 bits per heavy atom. The normalized spacial score (nSPS) is 13.7. The van der Waals surface area contributed by atoms with E-state index in [1.807, 2.05) is 61.5 Å². The maximum atomic E-state index is 12.9. The molecule has 1 amide bonds. The molecule has 4 heteroatoms. The average molecular weight is 387 g/mol. The van der Waals surface area contributed by atoms with Gasteiger partial charge in [0, 0.05) is 12.3 Å². The summed E-state index contributed by atoms with van der Waals surface area (Å²) in [6.07, 6.45) is 0.392. The predicted octanol–water partition coefficient (Wildman–Crippen LogP) is 4.86. The molecule has 148 valence electrons. The molecule has 1 N–H and O–H groups in total. The summed E-state index contributed by atoms with van der Waals surface area (Å²) in [5, 5.41) is 3.14. The summed E-state index contributed by atoms with van der Waals surface area (Å²) in [4.78, 5) is 12.9. The van der Waals surface area contributed by atoms with Gasteiger partial charge in [0.1, 0.15) is 13.2 Å². The molecule has 0 aromatic heterocycles. The SMILES string of the molecule is C[C@H](NC(=O)CC(c1ccccc1)c1ccccc1)c1ccc2c(c1)OCCO2. The van der Waals surface area contributed by atoms with Crippen LogP contribution >= 0.6 is 0 Å². The van der Waals surface area contributed by atoms with Crippen LogP contribution < -0.4 is 14.8 Å². The third kappa shape index (κ3) is 4.60. The Labute approximate surface area is 171 Å². The number of nitrogens with one attached hydrogen (secondary N) is 1. The summed E-state index contributed by atoms with van der Waals surface area (Å²) in [6.45, 7) is 3.11. The van der Waals surface area contributed by atoms with E-state index in [0.717, 1.165) is 28.2 Å². The van der Waals surface area contributed by atoms with E-state index >= 15 is 0 Å². The number of hydrogen-bond donors (Lipinski definition) is 1. The van der Waals surface area contributed by atoms with Crippen molar-refractivity contribution >= 4 is 5.91 Å². The minimum atomic E-state index is -0.120. The number of carbonyl (C=O) groups excluding carboxylic acids is 1. The molecule has 0 saturated carbocycles. The van der Waals surface area contributed by atoms with Gasteiger partial charge in [0.15, 0.2) is 11.5 Å². The fraction of sp³-hybridized carbons (Fsp3) is 0.240. The Morgan fingerprint density at radius 1 is 0.828 bits per heavy atom. The van der Waals surface area contributed by atoms with Gasteiger partial charge < -0.3 is 14.8 Å². The molecular formula is C25H25NO3. The number of benzene rings is 3. The van der Waals surface area contributed by atoms with Crippen LogP contribution in [0.25, 0.3) is 0 Å². The lowest BCUT2D eigenvalue weighted by atomic mass is 9.88. The molecular weight excluding hydrogens is 362 g/mol. The Balaban J connectivity index is 1.48. The highest BCUT2D eigenvalue weighted by molar-refractivity contribution is 5.78. The van der Waals surface area contributed by atoms with Crippen LogP contribution in [-0.4, -0.2) is 19.1 Å². The molecule has 0 spiro atoms. The Morgan fingerprint density at radius 2 is 1.41 bits per heavy atom. The van der Waals surface area contributed by atoms with Gasteiger partial charge in [0.25, 0.3) is 0 Å². The molecule has 4 nitrogen and oxygen atoms in total. The van der Waals surface area contributed by atoms with Crippen molar-refractivity contribution < 1.29 is 14.3 Å². The molecule has 3 aromatic carbocycles. The van der Waals surface area contributed by atoms with Crippen molar-refractivity contribution in [2.75, 3.05) is 13.2 Å². The topological polar surface area (TPSA) is 47.6 Å². The summed E-state index contributed by atoms with van der Waals surface area (Å²) < 4.78 is 11.2. The molecule has 29 heavy (non-hydrogen) atoms. The maximum absolute atomic E-state index is 12.9. The maximum Gasteiger partial charge on any atom is 0.221 e. The predicted molar refractivity (Wildman–Crippen MR) is 113 cm³/mol. The number of amides is 1. The van der Waals surface area contributed by atoms with Crippen molar-refractivity contribution in [3.63, 3.8) is 0 Å². The van der Waals surface area contributed by atoms with Gasteiger partial charge in [0.2, 0.25) is 5.91 Å². The molecule has 0 saturated heterocycles. The number of rotatable bonds is 6. The lowest BCUT2D eigenvalue weighted by molar-refractivity contribution is -0.121. The number of ether oxygens (including phenoxy) is 2. The van der Waals surface area contributed by atoms with Crippen LogP contribution in [0.2, 0.25) is 0 Å². The van der Waals surface area contributed by atoms with Crippen LogP contribution in [0.5, 0.6) is 11.5 Å². The third-order valence-corrected chi connectivity index (χ3v) is 5.24. The fourth-order valence-corrected chi connectivity index (χ4v) is 3.70. The van der Waals surface area contributed by atoms with Gasteiger partial charge in [-0.2, -0.15) is 0 Å². The van der Waals surface area contributed by atoms with E-state index in [1.54, 1.807) is 0 Å². The first-order chi connectivity index (χ1) is 14.2. The smallest absolute Gasteiger partial charge is 0.221 e. The van der Waals surface area contributed by atoms with Gasteiger partial charge in [0.05, 0.1) is 6.04 Å². The molecule has 1 aliphatic rings. The number of fused-ring (bicyclic) bond motifs is 1. The van der Waals surface area contributed by atoms with Crippen LogP contribution in [0, 0.1) is 0 Å². The molecule has 0 aliphatic carbocycles. The molecule has 0 unspecified atom stereocenters. The largest absolute Gasteiger partial charge is 0.486 e. The summed E-state index contributed by atoms with van der Waals surface area (Å²) in [7, 11) is 0. The Kier molecular flexibility index (Phi) is 5.80. The van der Waals surface area contributed by atoms with Gasteiger partial charge in [-0.25, -0.2) is 0 Å². The van der Waals surface area contributed by atoms with Crippen molar-refractivity contribution in [1.29, 1.82) is 0 Å². The van der Waals surface area contributed by atoms with Crippen molar-refractivity contribution in [2.24, 2.45) is 0 Å². The van der Waals surface area contributed by atoms with Crippen molar-refractivity contribution in [1.82, 2.24) is 5.32 Å². The lowest BCUT2D eigenvalue weighted by Crippen LogP contribution is -2.28. The quantitative estimate of drug-likeness (QED) is 0.657. The van der Waals surface area contributed by atoms with Crippen LogP contribution in [0.3, 0.4) is 0 Å². The first-order valence-corrected chi connectivity index (χ1v) is 9.99. The van der Waals surface area contributed by atoms with Crippen LogP contribution in [0.1, 0.15) is 42.0 Å². The standard InChI is InChI=1S/C25H25NO3/c1-18(21-12-13-23-24(16-21)29-15-14-28-23)26-25(27)17-22(19-8-4-2-5-9-19)20-10-6-3-7-11-20/h2-13,16,18,22H,14-15,17H2,1H3,(H,26,27)/t18-/m0/s1. The Hall–Kier alpha value is -3.27. The van der Waals surface area contributed by atoms with Gasteiger partial charge in [-0.1, -0.05) is 66.7 Å². The second-order valence-corrected chi connectivity index (χ2v) is 7.27. The van der Waals surface area contributed by atoms with Crippen molar-refractivity contribution in [3.8, 4) is 11.5 Å². The molecule has 4 rings (SSSR count). The number of carbonyl (C=O) groups is 1. The van der Waals surface area contributed by atoms with E-state index in [9.17, 15) is 4.79 Å². The molecule has 1 heterocycles. The summed E-state index contributed by atoms with van der Waals surface area (Å²) >= 11 is 0. The summed E-state index contributed by atoms with van der Waals surface area (Å²) in [5.41, 5.74) is 3.28. The van der Waals surface area contributed by atoms with Crippen LogP contribution in [0.15, 0.2) is 78.9 Å². The van der Waals surface area contributed by atoms with E-state index in [4.69, 9.17) is 9.47 Å². The van der Waals surface area contributed by atoms with Gasteiger partial charge in [-0.05, 0) is 35.7 Å². The molecule has 0 bridgehead atoms. The van der Waals surface area contributed by atoms with Gasteiger partial charge in [-0.15, -0.1) is 0 Å². The van der Waals surface area contributed by atoms with E-state index in [2.05, 4.69) is 29.6 Å². The van der Waals surface area contributed by atoms with E-state index < -0.39 is 0 Å². The second-order valence-electron chi connectivity index (χ2n) is 7.27. The van der Waals surface area contributed by atoms with E-state index in [0.29, 0.717) is 19.6 Å². The zero-order valence-electron chi connectivity index (χ0n) is 16.5. The van der Waals surface area contributed by atoms with Gasteiger partial charge in [-0.3, -0.25) is 4.79 Å². The second kappa shape index (κ2) is 8.82.